The Kier molecular flexibility index (Phi) is 7.75. The van der Waals surface area contributed by atoms with Gasteiger partial charge in [-0.15, -0.1) is 0 Å². The summed E-state index contributed by atoms with van der Waals surface area (Å²) < 4.78 is 14.1. The number of carbonyl (C=O) groups excluding carboxylic acids is 2. The molecule has 188 valence electrons. The van der Waals surface area contributed by atoms with Crippen molar-refractivity contribution in [2.45, 2.75) is 26.2 Å². The number of hydrogen-bond acceptors (Lipinski definition) is 7. The zero-order valence-corrected chi connectivity index (χ0v) is 19.7. The van der Waals surface area contributed by atoms with Crippen LogP contribution in [0.25, 0.3) is 11.2 Å². The van der Waals surface area contributed by atoms with Gasteiger partial charge >= 0.3 is 5.69 Å². The lowest BCUT2D eigenvalue weighted by molar-refractivity contribution is -0.126. The maximum absolute atomic E-state index is 13.3. The van der Waals surface area contributed by atoms with Crippen LogP contribution in [0.5, 0.6) is 0 Å². The summed E-state index contributed by atoms with van der Waals surface area (Å²) in [5, 5.41) is 5.05. The first-order chi connectivity index (χ1) is 17.5. The van der Waals surface area contributed by atoms with Crippen LogP contribution in [0.15, 0.2) is 69.1 Å². The zero-order chi connectivity index (χ0) is 25.5. The number of rotatable bonds is 11. The van der Waals surface area contributed by atoms with Crippen LogP contribution in [0, 0.1) is 0 Å². The van der Waals surface area contributed by atoms with Gasteiger partial charge in [0, 0.05) is 13.7 Å². The van der Waals surface area contributed by atoms with Crippen molar-refractivity contribution in [2.24, 2.45) is 0 Å². The lowest BCUT2D eigenvalue weighted by Gasteiger charge is -2.13. The normalized spacial score (nSPS) is 11.0. The number of methoxy groups -OCH3 is 1. The second-order valence-corrected chi connectivity index (χ2v) is 7.98. The molecule has 0 saturated carbocycles. The molecule has 4 rings (SSSR count). The number of amides is 2. The molecule has 0 spiro atoms. The molecule has 0 fully saturated rings. The summed E-state index contributed by atoms with van der Waals surface area (Å²) in [6, 6.07) is 12.7. The highest BCUT2D eigenvalue weighted by Gasteiger charge is 2.20. The monoisotopic (exact) mass is 494 g/mol. The summed E-state index contributed by atoms with van der Waals surface area (Å²) in [7, 11) is 1.54. The second-order valence-electron chi connectivity index (χ2n) is 7.98. The van der Waals surface area contributed by atoms with Crippen molar-refractivity contribution in [1.29, 1.82) is 0 Å². The number of imidazole rings is 1. The Hall–Kier alpha value is -4.45. The maximum atomic E-state index is 13.3. The molecule has 12 heteroatoms. The van der Waals surface area contributed by atoms with Crippen molar-refractivity contribution >= 4 is 23.0 Å². The molecule has 2 N–H and O–H groups in total. The van der Waals surface area contributed by atoms with Crippen LogP contribution >= 0.6 is 0 Å². The van der Waals surface area contributed by atoms with E-state index < -0.39 is 29.6 Å². The highest BCUT2D eigenvalue weighted by atomic mass is 16.5. The molecule has 1 aromatic carbocycles. The van der Waals surface area contributed by atoms with Crippen LogP contribution in [-0.4, -0.2) is 50.8 Å². The van der Waals surface area contributed by atoms with Crippen LogP contribution in [0.1, 0.15) is 11.3 Å². The number of nitrogens with zero attached hydrogens (tertiary/aromatic N) is 4. The summed E-state index contributed by atoms with van der Waals surface area (Å²) in [6.07, 6.45) is 2.96. The van der Waals surface area contributed by atoms with Gasteiger partial charge in [-0.1, -0.05) is 30.3 Å². The topological polar surface area (TPSA) is 142 Å². The third-order valence-electron chi connectivity index (χ3n) is 5.49. The Bertz CT molecular complexity index is 1450. The number of benzene rings is 1. The van der Waals surface area contributed by atoms with Crippen LogP contribution in [0.2, 0.25) is 0 Å². The number of ether oxygens (including phenoxy) is 1. The number of carbonyl (C=O) groups is 2. The van der Waals surface area contributed by atoms with E-state index in [0.717, 1.165) is 10.1 Å². The van der Waals surface area contributed by atoms with Gasteiger partial charge in [-0.3, -0.25) is 19.0 Å². The number of nitrogens with one attached hydrogen (secondary N) is 2. The van der Waals surface area contributed by atoms with Crippen molar-refractivity contribution in [2.75, 3.05) is 20.3 Å². The zero-order valence-electron chi connectivity index (χ0n) is 19.7. The molecule has 0 aliphatic carbocycles. The minimum atomic E-state index is -0.675. The Morgan fingerprint density at radius 1 is 1.03 bits per heavy atom. The second kappa shape index (κ2) is 11.3. The summed E-state index contributed by atoms with van der Waals surface area (Å²) >= 11 is 0. The smallest absolute Gasteiger partial charge is 0.333 e. The predicted octanol–water partition coefficient (Wildman–Crippen LogP) is 0.0800. The fourth-order valence-electron chi connectivity index (χ4n) is 3.69. The maximum Gasteiger partial charge on any atom is 0.333 e. The fraction of sp³-hybridized carbons (Fsp3) is 0.292. The Balaban J connectivity index is 1.57. The first kappa shape index (κ1) is 24.7. The minimum absolute atomic E-state index is 0.161. The van der Waals surface area contributed by atoms with Gasteiger partial charge in [-0.05, 0) is 17.7 Å². The summed E-state index contributed by atoms with van der Waals surface area (Å²) in [6.45, 7) is 0.135. The molecule has 0 aliphatic rings. The predicted molar refractivity (Wildman–Crippen MR) is 129 cm³/mol. The molecule has 0 bridgehead atoms. The van der Waals surface area contributed by atoms with E-state index in [4.69, 9.17) is 9.15 Å². The van der Waals surface area contributed by atoms with Crippen molar-refractivity contribution in [3.63, 3.8) is 0 Å². The van der Waals surface area contributed by atoms with Gasteiger partial charge in [0.1, 0.15) is 12.3 Å². The standard InChI is InChI=1S/C24H26N6O6/c1-35-11-9-28-16-27-22-21(28)23(33)30(24(34)29(22)14-17-6-3-2-4-7-17)15-20(32)26-13-19(31)25-12-18-8-5-10-36-18/h2-8,10,16H,9,11-15H2,1H3,(H,25,31)(H,26,32). The van der Waals surface area contributed by atoms with E-state index in [2.05, 4.69) is 15.6 Å². The summed E-state index contributed by atoms with van der Waals surface area (Å²) in [5.74, 6) is -0.531. The molecule has 3 aromatic heterocycles. The fourth-order valence-corrected chi connectivity index (χ4v) is 3.69. The molecule has 12 nitrogen and oxygen atoms in total. The first-order valence-corrected chi connectivity index (χ1v) is 11.2. The number of hydrogen-bond donors (Lipinski definition) is 2. The largest absolute Gasteiger partial charge is 0.467 e. The van der Waals surface area contributed by atoms with Gasteiger partial charge in [-0.25, -0.2) is 14.3 Å². The molecule has 0 unspecified atom stereocenters. The molecule has 4 aromatic rings. The molecule has 0 radical (unpaired) electrons. The lowest BCUT2D eigenvalue weighted by atomic mass is 10.2. The minimum Gasteiger partial charge on any atom is -0.467 e. The van der Waals surface area contributed by atoms with Gasteiger partial charge in [0.05, 0.1) is 38.8 Å². The molecular formula is C24H26N6O6. The Morgan fingerprint density at radius 3 is 2.56 bits per heavy atom. The molecule has 0 saturated heterocycles. The van der Waals surface area contributed by atoms with Crippen molar-refractivity contribution in [3.8, 4) is 0 Å². The Morgan fingerprint density at radius 2 is 1.83 bits per heavy atom. The first-order valence-electron chi connectivity index (χ1n) is 11.2. The summed E-state index contributed by atoms with van der Waals surface area (Å²) in [4.78, 5) is 55.6. The molecular weight excluding hydrogens is 468 g/mol. The third kappa shape index (κ3) is 5.61. The quantitative estimate of drug-likeness (QED) is 0.301. The van der Waals surface area contributed by atoms with E-state index in [-0.39, 0.29) is 30.8 Å². The number of aromatic nitrogens is 4. The Labute approximate surface area is 205 Å². The third-order valence-corrected chi connectivity index (χ3v) is 5.49. The SMILES string of the molecule is COCCn1cnc2c1c(=O)n(CC(=O)NCC(=O)NCc1ccco1)c(=O)n2Cc1ccccc1. The molecule has 0 aliphatic heterocycles. The van der Waals surface area contributed by atoms with Gasteiger partial charge in [0.15, 0.2) is 11.2 Å². The van der Waals surface area contributed by atoms with Gasteiger partial charge < -0.3 is 24.4 Å². The van der Waals surface area contributed by atoms with E-state index in [9.17, 15) is 19.2 Å². The molecule has 36 heavy (non-hydrogen) atoms. The van der Waals surface area contributed by atoms with Crippen LogP contribution in [0.4, 0.5) is 0 Å². The van der Waals surface area contributed by atoms with E-state index >= 15 is 0 Å². The average molecular weight is 495 g/mol. The molecule has 2 amide bonds. The van der Waals surface area contributed by atoms with Crippen LogP contribution < -0.4 is 21.9 Å². The summed E-state index contributed by atoms with van der Waals surface area (Å²) in [5.41, 5.74) is -0.0863. The van der Waals surface area contributed by atoms with Gasteiger partial charge in [0.2, 0.25) is 11.8 Å². The number of furan rings is 1. The highest BCUT2D eigenvalue weighted by Crippen LogP contribution is 2.10. The van der Waals surface area contributed by atoms with Crippen molar-refractivity contribution in [1.82, 2.24) is 29.3 Å². The highest BCUT2D eigenvalue weighted by molar-refractivity contribution is 5.84. The van der Waals surface area contributed by atoms with Gasteiger partial charge in [-0.2, -0.15) is 0 Å². The van der Waals surface area contributed by atoms with Crippen LogP contribution in [0.3, 0.4) is 0 Å². The van der Waals surface area contributed by atoms with Crippen molar-refractivity contribution < 1.29 is 18.7 Å². The van der Waals surface area contributed by atoms with E-state index in [0.29, 0.717) is 18.9 Å². The molecule has 3 heterocycles. The average Bonchev–Trinajstić information content (AvgIpc) is 3.56. The molecule has 0 atom stereocenters. The van der Waals surface area contributed by atoms with E-state index in [1.54, 1.807) is 16.7 Å². The van der Waals surface area contributed by atoms with Crippen LogP contribution in [-0.2, 0) is 40.5 Å². The van der Waals surface area contributed by atoms with Crippen molar-refractivity contribution in [3.05, 3.63) is 87.2 Å². The number of fused-ring (bicyclic) bond motifs is 1. The van der Waals surface area contributed by atoms with E-state index in [1.807, 2.05) is 30.3 Å². The lowest BCUT2D eigenvalue weighted by Crippen LogP contribution is -2.45. The van der Waals surface area contributed by atoms with E-state index in [1.165, 1.54) is 24.3 Å². The van der Waals surface area contributed by atoms with Gasteiger partial charge in [0.25, 0.3) is 5.56 Å².